The fourth-order valence-electron chi connectivity index (χ4n) is 4.03. The van der Waals surface area contributed by atoms with Crippen molar-refractivity contribution < 1.29 is 4.39 Å². The molecule has 6 nitrogen and oxygen atoms in total. The van der Waals surface area contributed by atoms with Gasteiger partial charge in [-0.3, -0.25) is 9.67 Å². The molecule has 5 rings (SSSR count). The van der Waals surface area contributed by atoms with Crippen LogP contribution in [0.15, 0.2) is 30.6 Å². The van der Waals surface area contributed by atoms with E-state index < -0.39 is 0 Å². The molecule has 1 saturated heterocycles. The van der Waals surface area contributed by atoms with E-state index in [1.54, 1.807) is 4.52 Å². The highest BCUT2D eigenvalue weighted by Crippen LogP contribution is 2.29. The molecule has 8 heteroatoms. The highest BCUT2D eigenvalue weighted by molar-refractivity contribution is 6.04. The minimum absolute atomic E-state index is 0.252. The molecule has 0 N–H and O–H groups in total. The number of fused-ring (bicyclic) bond motifs is 2. The Morgan fingerprint density at radius 1 is 1.07 bits per heavy atom. The van der Waals surface area contributed by atoms with Crippen LogP contribution in [-0.4, -0.2) is 50.3 Å². The molecule has 4 heterocycles. The Hall–Kier alpha value is -2.74. The minimum atomic E-state index is -0.328. The summed E-state index contributed by atoms with van der Waals surface area (Å²) in [5.41, 5.74) is 4.58. The number of hydrogen-bond donors (Lipinski definition) is 0. The Morgan fingerprint density at radius 2 is 1.86 bits per heavy atom. The molecule has 0 bridgehead atoms. The van der Waals surface area contributed by atoms with Crippen molar-refractivity contribution in [2.24, 2.45) is 0 Å². The fourth-order valence-corrected chi connectivity index (χ4v) is 4.03. The number of aromatic nitrogens is 5. The first-order valence-electron chi connectivity index (χ1n) is 9.50. The summed E-state index contributed by atoms with van der Waals surface area (Å²) in [5, 5.41) is 9.92. The predicted molar refractivity (Wildman–Crippen MR) is 107 cm³/mol. The summed E-state index contributed by atoms with van der Waals surface area (Å²) in [6.07, 6.45) is 5.64. The maximum atomic E-state index is 14.8. The first kappa shape index (κ1) is 17.4. The van der Waals surface area contributed by atoms with E-state index in [9.17, 15) is 4.39 Å². The molecule has 3 aromatic heterocycles. The van der Waals surface area contributed by atoms with E-state index >= 15 is 0 Å². The van der Waals surface area contributed by atoms with Crippen molar-refractivity contribution in [3.05, 3.63) is 47.8 Å². The van der Waals surface area contributed by atoms with Gasteiger partial charge in [0.25, 0.3) is 0 Å². The lowest BCUT2D eigenvalue weighted by molar-refractivity contribution is 0.269. The summed E-state index contributed by atoms with van der Waals surface area (Å²) in [4.78, 5) is 6.30. The number of nitrogens with zero attached hydrogens (tertiary/aromatic N) is 6. The van der Waals surface area contributed by atoms with Crippen molar-refractivity contribution in [2.45, 2.75) is 32.7 Å². The van der Waals surface area contributed by atoms with Crippen LogP contribution in [0.4, 0.5) is 4.39 Å². The number of aryl methyl sites for hydroxylation is 2. The number of rotatable bonds is 2. The SMILES string of the molecule is [B]N1CCC(n2cc3cc(-c4cc5c(C)nc(C)cn5n4)cc(F)c3n2)CC1. The molecule has 1 fully saturated rings. The van der Waals surface area contributed by atoms with E-state index in [0.717, 1.165) is 59.5 Å². The number of hydrogen-bond acceptors (Lipinski definition) is 4. The Morgan fingerprint density at radius 3 is 2.64 bits per heavy atom. The van der Waals surface area contributed by atoms with Crippen molar-refractivity contribution in [3.8, 4) is 11.3 Å². The van der Waals surface area contributed by atoms with Gasteiger partial charge in [-0.2, -0.15) is 10.2 Å². The standard InChI is InChI=1S/C20H20BFN6/c1-12-10-28-19(13(2)23-12)9-18(24-28)14-7-15-11-27(25-20(15)17(22)8-14)16-3-5-26(21)6-4-16/h7-11,16H,3-6H2,1-2H3. The zero-order valence-corrected chi connectivity index (χ0v) is 15.9. The van der Waals surface area contributed by atoms with E-state index in [2.05, 4.69) is 15.2 Å². The zero-order valence-electron chi connectivity index (χ0n) is 15.9. The highest BCUT2D eigenvalue weighted by Gasteiger charge is 2.20. The Balaban J connectivity index is 1.57. The topological polar surface area (TPSA) is 51.2 Å². The normalized spacial score (nSPS) is 16.4. The van der Waals surface area contributed by atoms with Gasteiger partial charge >= 0.3 is 0 Å². The monoisotopic (exact) mass is 374 g/mol. The molecular weight excluding hydrogens is 354 g/mol. The van der Waals surface area contributed by atoms with Crippen molar-refractivity contribution >= 4 is 24.4 Å². The van der Waals surface area contributed by atoms with Crippen LogP contribution < -0.4 is 0 Å². The molecule has 1 aromatic carbocycles. The molecule has 0 aliphatic carbocycles. The largest absolute Gasteiger partial charge is 0.353 e. The third kappa shape index (κ3) is 2.88. The van der Waals surface area contributed by atoms with Gasteiger partial charge in [-0.05, 0) is 58.0 Å². The molecule has 0 amide bonds. The third-order valence-electron chi connectivity index (χ3n) is 5.51. The second-order valence-corrected chi connectivity index (χ2v) is 7.60. The van der Waals surface area contributed by atoms with E-state index in [-0.39, 0.29) is 11.9 Å². The summed E-state index contributed by atoms with van der Waals surface area (Å²) < 4.78 is 18.5. The molecule has 28 heavy (non-hydrogen) atoms. The van der Waals surface area contributed by atoms with Crippen LogP contribution in [0.3, 0.4) is 0 Å². The molecule has 1 aliphatic heterocycles. The molecule has 0 unspecified atom stereocenters. The van der Waals surface area contributed by atoms with Gasteiger partial charge in [0.1, 0.15) is 5.52 Å². The molecule has 140 valence electrons. The van der Waals surface area contributed by atoms with Gasteiger partial charge in [0.05, 0.1) is 34.8 Å². The molecule has 4 aromatic rings. The van der Waals surface area contributed by atoms with Gasteiger partial charge < -0.3 is 4.81 Å². The summed E-state index contributed by atoms with van der Waals surface area (Å²) in [6.45, 7) is 5.53. The summed E-state index contributed by atoms with van der Waals surface area (Å²) in [5.74, 6) is -0.328. The summed E-state index contributed by atoms with van der Waals surface area (Å²) in [6, 6.07) is 5.67. The molecule has 1 aliphatic rings. The predicted octanol–water partition coefficient (Wildman–Crippen LogP) is 3.22. The maximum Gasteiger partial charge on any atom is 0.182 e. The van der Waals surface area contributed by atoms with Crippen molar-refractivity contribution in [1.29, 1.82) is 0 Å². The van der Waals surface area contributed by atoms with E-state index in [1.165, 1.54) is 6.07 Å². The first-order chi connectivity index (χ1) is 13.5. The Bertz CT molecular complexity index is 1190. The van der Waals surface area contributed by atoms with Crippen LogP contribution in [-0.2, 0) is 0 Å². The van der Waals surface area contributed by atoms with Gasteiger partial charge in [0, 0.05) is 17.1 Å². The van der Waals surface area contributed by atoms with Gasteiger partial charge in [0.2, 0.25) is 0 Å². The summed E-state index contributed by atoms with van der Waals surface area (Å²) >= 11 is 0. The zero-order chi connectivity index (χ0) is 19.4. The quantitative estimate of drug-likeness (QED) is 0.506. The molecule has 2 radical (unpaired) electrons. The van der Waals surface area contributed by atoms with Gasteiger partial charge in [-0.25, -0.2) is 8.91 Å². The van der Waals surface area contributed by atoms with Gasteiger partial charge in [-0.1, -0.05) is 0 Å². The maximum absolute atomic E-state index is 14.8. The van der Waals surface area contributed by atoms with Gasteiger partial charge in [-0.15, -0.1) is 0 Å². The number of benzene rings is 1. The van der Waals surface area contributed by atoms with Crippen LogP contribution in [0.2, 0.25) is 0 Å². The second kappa shape index (κ2) is 6.41. The third-order valence-corrected chi connectivity index (χ3v) is 5.51. The van der Waals surface area contributed by atoms with E-state index in [0.29, 0.717) is 5.52 Å². The van der Waals surface area contributed by atoms with Crippen LogP contribution in [0.1, 0.15) is 30.3 Å². The number of piperidine rings is 1. The average Bonchev–Trinajstić information content (AvgIpc) is 3.27. The van der Waals surface area contributed by atoms with Crippen LogP contribution >= 0.6 is 0 Å². The molecular formula is C20H20BFN6. The highest BCUT2D eigenvalue weighted by atomic mass is 19.1. The van der Waals surface area contributed by atoms with Gasteiger partial charge in [0.15, 0.2) is 13.8 Å². The lowest BCUT2D eigenvalue weighted by Gasteiger charge is -2.29. The van der Waals surface area contributed by atoms with Crippen molar-refractivity contribution in [2.75, 3.05) is 13.1 Å². The average molecular weight is 374 g/mol. The lowest BCUT2D eigenvalue weighted by Crippen LogP contribution is -2.32. The van der Waals surface area contributed by atoms with Crippen LogP contribution in [0.25, 0.3) is 27.7 Å². The van der Waals surface area contributed by atoms with Crippen LogP contribution in [0.5, 0.6) is 0 Å². The first-order valence-corrected chi connectivity index (χ1v) is 9.50. The smallest absolute Gasteiger partial charge is 0.182 e. The van der Waals surface area contributed by atoms with E-state index in [4.69, 9.17) is 7.98 Å². The second-order valence-electron chi connectivity index (χ2n) is 7.60. The fraction of sp³-hybridized carbons (Fsp3) is 0.350. The number of halogens is 1. The lowest BCUT2D eigenvalue weighted by atomic mass is 10.0. The molecule has 0 saturated carbocycles. The molecule has 0 atom stereocenters. The Kier molecular flexibility index (Phi) is 3.98. The minimum Gasteiger partial charge on any atom is -0.353 e. The Labute approximate surface area is 163 Å². The van der Waals surface area contributed by atoms with Crippen molar-refractivity contribution in [1.82, 2.24) is 29.2 Å². The van der Waals surface area contributed by atoms with Crippen molar-refractivity contribution in [3.63, 3.8) is 0 Å². The summed E-state index contributed by atoms with van der Waals surface area (Å²) in [7, 11) is 5.84. The molecule has 0 spiro atoms. The van der Waals surface area contributed by atoms with E-state index in [1.807, 2.05) is 47.9 Å². The van der Waals surface area contributed by atoms with Crippen LogP contribution in [0, 0.1) is 19.7 Å².